The van der Waals surface area contributed by atoms with Crippen molar-refractivity contribution in [3.63, 3.8) is 0 Å². The van der Waals surface area contributed by atoms with Gasteiger partial charge in [0.05, 0.1) is 5.57 Å². The summed E-state index contributed by atoms with van der Waals surface area (Å²) in [6, 6.07) is 11.4. The van der Waals surface area contributed by atoms with Crippen molar-refractivity contribution < 1.29 is 32.6 Å². The summed E-state index contributed by atoms with van der Waals surface area (Å²) in [5.74, 6) is -1.75. The average molecular weight is 362 g/mol. The minimum Gasteiger partial charge on any atom is -0.478 e. The van der Waals surface area contributed by atoms with E-state index in [1.54, 1.807) is 6.07 Å². The Morgan fingerprint density at radius 1 is 1.12 bits per heavy atom. The lowest BCUT2D eigenvalue weighted by atomic mass is 9.82. The third-order valence-electron chi connectivity index (χ3n) is 4.20. The Labute approximate surface area is 146 Å². The van der Waals surface area contributed by atoms with E-state index >= 15 is 0 Å². The number of alkyl halides is 3. The normalized spacial score (nSPS) is 19.1. The van der Waals surface area contributed by atoms with E-state index in [0.717, 1.165) is 6.08 Å². The second-order valence-corrected chi connectivity index (χ2v) is 5.86. The summed E-state index contributed by atoms with van der Waals surface area (Å²) in [7, 11) is 0. The molecule has 4 nitrogen and oxygen atoms in total. The van der Waals surface area contributed by atoms with E-state index in [1.165, 1.54) is 42.5 Å². The predicted molar refractivity (Wildman–Crippen MR) is 87.0 cm³/mol. The van der Waals surface area contributed by atoms with Crippen molar-refractivity contribution in [2.75, 3.05) is 0 Å². The van der Waals surface area contributed by atoms with Crippen LogP contribution in [0.15, 0.2) is 54.1 Å². The third-order valence-corrected chi connectivity index (χ3v) is 4.20. The van der Waals surface area contributed by atoms with Crippen LogP contribution in [0.25, 0.3) is 6.08 Å². The summed E-state index contributed by atoms with van der Waals surface area (Å²) >= 11 is 0. The van der Waals surface area contributed by atoms with Gasteiger partial charge in [0.2, 0.25) is 5.60 Å². The molecule has 0 spiro atoms. The van der Waals surface area contributed by atoms with Crippen molar-refractivity contribution in [2.45, 2.75) is 18.2 Å². The topological polar surface area (TPSA) is 63.6 Å². The molecule has 0 aliphatic carbocycles. The molecule has 3 rings (SSSR count). The van der Waals surface area contributed by atoms with Crippen LogP contribution in [-0.2, 0) is 11.2 Å². The largest absolute Gasteiger partial charge is 0.478 e. The van der Waals surface area contributed by atoms with Gasteiger partial charge in [-0.05, 0) is 17.7 Å². The van der Waals surface area contributed by atoms with Crippen LogP contribution in [0.5, 0.6) is 5.75 Å². The van der Waals surface area contributed by atoms with E-state index < -0.39 is 29.7 Å². The maximum atomic E-state index is 14.0. The summed E-state index contributed by atoms with van der Waals surface area (Å²) in [6.45, 7) is 0. The molecule has 0 amide bonds. The summed E-state index contributed by atoms with van der Waals surface area (Å²) in [5, 5.41) is 9.43. The van der Waals surface area contributed by atoms with Crippen molar-refractivity contribution in [2.24, 2.45) is 0 Å². The first-order valence-electron chi connectivity index (χ1n) is 7.61. The molecule has 26 heavy (non-hydrogen) atoms. The molecule has 1 unspecified atom stereocenters. The first-order valence-corrected chi connectivity index (χ1v) is 7.61. The molecule has 1 N–H and O–H groups in total. The van der Waals surface area contributed by atoms with Gasteiger partial charge in [-0.25, -0.2) is 4.79 Å². The Morgan fingerprint density at radius 2 is 1.77 bits per heavy atom. The second kappa shape index (κ2) is 6.33. The summed E-state index contributed by atoms with van der Waals surface area (Å²) < 4.78 is 47.4. The van der Waals surface area contributed by atoms with Gasteiger partial charge in [0.1, 0.15) is 12.0 Å². The van der Waals surface area contributed by atoms with Gasteiger partial charge in [0.25, 0.3) is 0 Å². The fraction of sp³-hybridized carbons (Fsp3) is 0.158. The molecule has 1 heterocycles. The maximum Gasteiger partial charge on any atom is 0.433 e. The smallest absolute Gasteiger partial charge is 0.433 e. The van der Waals surface area contributed by atoms with E-state index in [0.29, 0.717) is 11.8 Å². The molecule has 2 aromatic carbocycles. The van der Waals surface area contributed by atoms with Crippen LogP contribution in [-0.4, -0.2) is 29.1 Å². The molecule has 0 radical (unpaired) electrons. The monoisotopic (exact) mass is 362 g/mol. The zero-order valence-electron chi connectivity index (χ0n) is 13.3. The Hall–Kier alpha value is -3.09. The van der Waals surface area contributed by atoms with E-state index in [-0.39, 0.29) is 16.9 Å². The Bertz CT molecular complexity index is 884. The molecular formula is C19H13F3O4. The highest BCUT2D eigenvalue weighted by Gasteiger charge is 2.62. The fourth-order valence-corrected chi connectivity index (χ4v) is 2.89. The highest BCUT2D eigenvalue weighted by molar-refractivity contribution is 5.96. The van der Waals surface area contributed by atoms with Gasteiger partial charge < -0.3 is 9.84 Å². The van der Waals surface area contributed by atoms with Crippen molar-refractivity contribution in [1.82, 2.24) is 0 Å². The number of rotatable bonds is 4. The lowest BCUT2D eigenvalue weighted by molar-refractivity contribution is -0.235. The van der Waals surface area contributed by atoms with Gasteiger partial charge in [0, 0.05) is 17.5 Å². The van der Waals surface area contributed by atoms with Crippen LogP contribution in [0.2, 0.25) is 0 Å². The van der Waals surface area contributed by atoms with Crippen molar-refractivity contribution in [3.8, 4) is 5.75 Å². The molecule has 0 fully saturated rings. The number of aldehydes is 1. The molecule has 7 heteroatoms. The van der Waals surface area contributed by atoms with E-state index in [1.807, 2.05) is 0 Å². The Kier molecular flexibility index (Phi) is 4.31. The first kappa shape index (κ1) is 17.7. The second-order valence-electron chi connectivity index (χ2n) is 5.86. The summed E-state index contributed by atoms with van der Waals surface area (Å²) in [5.41, 5.74) is -3.15. The van der Waals surface area contributed by atoms with E-state index in [2.05, 4.69) is 0 Å². The molecule has 134 valence electrons. The number of halogens is 3. The predicted octanol–water partition coefficient (Wildman–Crippen LogP) is 3.90. The van der Waals surface area contributed by atoms with Gasteiger partial charge >= 0.3 is 12.1 Å². The van der Waals surface area contributed by atoms with Crippen LogP contribution in [0, 0.1) is 0 Å². The van der Waals surface area contributed by atoms with Gasteiger partial charge in [0.15, 0.2) is 0 Å². The van der Waals surface area contributed by atoms with Crippen LogP contribution in [0.3, 0.4) is 0 Å². The van der Waals surface area contributed by atoms with Crippen LogP contribution < -0.4 is 4.74 Å². The number of hydrogen-bond donors (Lipinski definition) is 1. The van der Waals surface area contributed by atoms with Crippen molar-refractivity contribution in [1.29, 1.82) is 0 Å². The molecule has 0 aromatic heterocycles. The first-order chi connectivity index (χ1) is 12.3. The van der Waals surface area contributed by atoms with Gasteiger partial charge in [-0.1, -0.05) is 42.5 Å². The Morgan fingerprint density at radius 3 is 2.35 bits per heavy atom. The van der Waals surface area contributed by atoms with Gasteiger partial charge in [-0.3, -0.25) is 4.79 Å². The van der Waals surface area contributed by atoms with Crippen LogP contribution >= 0.6 is 0 Å². The van der Waals surface area contributed by atoms with Gasteiger partial charge in [-0.2, -0.15) is 13.2 Å². The summed E-state index contributed by atoms with van der Waals surface area (Å²) in [4.78, 5) is 22.3. The summed E-state index contributed by atoms with van der Waals surface area (Å²) in [6.07, 6.45) is -4.15. The zero-order chi connectivity index (χ0) is 18.9. The number of para-hydroxylation sites is 1. The number of carboxylic acids is 1. The van der Waals surface area contributed by atoms with E-state index in [4.69, 9.17) is 4.74 Å². The van der Waals surface area contributed by atoms with Crippen LogP contribution in [0.4, 0.5) is 13.2 Å². The Balaban J connectivity index is 2.15. The number of benzene rings is 2. The van der Waals surface area contributed by atoms with E-state index in [9.17, 15) is 27.9 Å². The number of ether oxygens (including phenoxy) is 1. The number of fused-ring (bicyclic) bond motifs is 1. The van der Waals surface area contributed by atoms with Crippen molar-refractivity contribution >= 4 is 18.3 Å². The zero-order valence-corrected chi connectivity index (χ0v) is 13.3. The number of aliphatic carboxylic acids is 1. The number of carboxylic acid groups (broad SMARTS) is 1. The number of hydrogen-bond acceptors (Lipinski definition) is 3. The molecule has 2 aromatic rings. The standard InChI is InChI=1S/C19H13F3O4/c20-19(21,22)18(10-12-5-7-13(11-23)8-6-12)15(17(24)25)9-14-3-1-2-4-16(14)26-18/h1-9,11H,10H2,(H,24,25). The molecule has 0 saturated heterocycles. The quantitative estimate of drug-likeness (QED) is 0.838. The lowest BCUT2D eigenvalue weighted by Crippen LogP contribution is -2.56. The van der Waals surface area contributed by atoms with Gasteiger partial charge in [-0.15, -0.1) is 0 Å². The molecular weight excluding hydrogens is 349 g/mol. The number of carbonyl (C=O) groups excluding carboxylic acids is 1. The third kappa shape index (κ3) is 2.96. The highest BCUT2D eigenvalue weighted by atomic mass is 19.4. The van der Waals surface area contributed by atoms with Crippen molar-refractivity contribution in [3.05, 3.63) is 70.8 Å². The number of carbonyl (C=O) groups is 2. The molecule has 0 bridgehead atoms. The molecule has 1 aliphatic heterocycles. The SMILES string of the molecule is O=Cc1ccc(CC2(C(F)(F)F)Oc3ccccc3C=C2C(=O)O)cc1. The minimum absolute atomic E-state index is 0.0423. The average Bonchev–Trinajstić information content (AvgIpc) is 2.60. The minimum atomic E-state index is -4.98. The lowest BCUT2D eigenvalue weighted by Gasteiger charge is -2.39. The van der Waals surface area contributed by atoms with Crippen LogP contribution in [0.1, 0.15) is 21.5 Å². The molecule has 1 atom stereocenters. The maximum absolute atomic E-state index is 14.0. The molecule has 1 aliphatic rings. The molecule has 0 saturated carbocycles. The fourth-order valence-electron chi connectivity index (χ4n) is 2.89. The highest BCUT2D eigenvalue weighted by Crippen LogP contribution is 2.47.